The number of nitrogens with zero attached hydrogens (tertiary/aromatic N) is 1. The van der Waals surface area contributed by atoms with Crippen LogP contribution >= 0.6 is 23.1 Å². The zero-order chi connectivity index (χ0) is 10.6. The van der Waals surface area contributed by atoms with Crippen LogP contribution in [0.2, 0.25) is 0 Å². The molecule has 0 radical (unpaired) electrons. The highest BCUT2D eigenvalue weighted by atomic mass is 32.2. The third-order valence-electron chi connectivity index (χ3n) is 1.62. The van der Waals surface area contributed by atoms with Crippen molar-refractivity contribution in [2.24, 2.45) is 0 Å². The van der Waals surface area contributed by atoms with Crippen molar-refractivity contribution in [3.05, 3.63) is 16.1 Å². The van der Waals surface area contributed by atoms with Crippen LogP contribution in [-0.2, 0) is 10.5 Å². The Morgan fingerprint density at radius 3 is 3.00 bits per heavy atom. The molecule has 0 aliphatic rings. The fourth-order valence-electron chi connectivity index (χ4n) is 0.987. The predicted octanol–water partition coefficient (Wildman–Crippen LogP) is 2.55. The second-order valence-corrected chi connectivity index (χ2v) is 5.47. The average molecular weight is 231 g/mol. The summed E-state index contributed by atoms with van der Waals surface area (Å²) in [7, 11) is 0. The lowest BCUT2D eigenvalue weighted by atomic mass is 10.3. The van der Waals surface area contributed by atoms with E-state index in [1.807, 2.05) is 19.2 Å². The fraction of sp³-hybridized carbons (Fsp3) is 0.556. The first-order chi connectivity index (χ1) is 6.58. The van der Waals surface area contributed by atoms with Gasteiger partial charge in [-0.1, -0.05) is 6.92 Å². The normalized spacial score (nSPS) is 12.7. The summed E-state index contributed by atoms with van der Waals surface area (Å²) in [4.78, 5) is 14.7. The lowest BCUT2D eigenvalue weighted by Crippen LogP contribution is -2.05. The molecule has 0 aliphatic carbocycles. The van der Waals surface area contributed by atoms with Gasteiger partial charge in [0.05, 0.1) is 6.42 Å². The standard InChI is InChI=1S/C9H13NO2S2/c1-6-4-14-8(10-6)5-13-7(2)3-9(11)12/h4,7H,3,5H2,1-2H3,(H,11,12). The Hall–Kier alpha value is -0.550. The fourth-order valence-corrected chi connectivity index (χ4v) is 2.77. The molecule has 1 unspecified atom stereocenters. The van der Waals surface area contributed by atoms with Crippen molar-refractivity contribution < 1.29 is 9.90 Å². The molecule has 0 bridgehead atoms. The molecule has 0 aromatic carbocycles. The van der Waals surface area contributed by atoms with Crippen LogP contribution in [0, 0.1) is 6.92 Å². The molecule has 5 heteroatoms. The first kappa shape index (κ1) is 11.5. The van der Waals surface area contributed by atoms with E-state index < -0.39 is 5.97 Å². The number of hydrogen-bond donors (Lipinski definition) is 1. The van der Waals surface area contributed by atoms with Crippen LogP contribution < -0.4 is 0 Å². The molecule has 1 N–H and O–H groups in total. The molecule has 0 aliphatic heterocycles. The molecule has 1 rings (SSSR count). The molecular weight excluding hydrogens is 218 g/mol. The number of rotatable bonds is 5. The Balaban J connectivity index is 2.30. The number of thioether (sulfide) groups is 1. The number of aliphatic carboxylic acids is 1. The van der Waals surface area contributed by atoms with Crippen molar-refractivity contribution in [1.82, 2.24) is 4.98 Å². The number of carbonyl (C=O) groups is 1. The topological polar surface area (TPSA) is 50.2 Å². The van der Waals surface area contributed by atoms with Crippen molar-refractivity contribution in [2.45, 2.75) is 31.3 Å². The van der Waals surface area contributed by atoms with Crippen molar-refractivity contribution >= 4 is 29.1 Å². The molecule has 3 nitrogen and oxygen atoms in total. The van der Waals surface area contributed by atoms with Crippen molar-refractivity contribution in [1.29, 1.82) is 0 Å². The lowest BCUT2D eigenvalue weighted by molar-refractivity contribution is -0.136. The van der Waals surface area contributed by atoms with Crippen LogP contribution in [0.3, 0.4) is 0 Å². The van der Waals surface area contributed by atoms with Gasteiger partial charge in [-0.3, -0.25) is 4.79 Å². The quantitative estimate of drug-likeness (QED) is 0.846. The summed E-state index contributed by atoms with van der Waals surface area (Å²) in [5.41, 5.74) is 1.04. The number of thiazole rings is 1. The predicted molar refractivity (Wildman–Crippen MR) is 59.9 cm³/mol. The van der Waals surface area contributed by atoms with E-state index in [9.17, 15) is 4.79 Å². The van der Waals surface area contributed by atoms with E-state index in [1.54, 1.807) is 23.1 Å². The molecule has 0 amide bonds. The molecule has 0 saturated carbocycles. The van der Waals surface area contributed by atoms with Gasteiger partial charge in [-0.05, 0) is 6.92 Å². The van der Waals surface area contributed by atoms with Crippen molar-refractivity contribution in [2.75, 3.05) is 0 Å². The Kier molecular flexibility index (Phi) is 4.41. The molecular formula is C9H13NO2S2. The number of hydrogen-bond acceptors (Lipinski definition) is 4. The van der Waals surface area contributed by atoms with Crippen LogP contribution in [-0.4, -0.2) is 21.3 Å². The third-order valence-corrected chi connectivity index (χ3v) is 3.95. The minimum atomic E-state index is -0.736. The van der Waals surface area contributed by atoms with E-state index in [2.05, 4.69) is 4.98 Å². The van der Waals surface area contributed by atoms with Crippen molar-refractivity contribution in [3.63, 3.8) is 0 Å². The summed E-state index contributed by atoms with van der Waals surface area (Å²) in [6, 6.07) is 0. The van der Waals surface area contributed by atoms with Crippen LogP contribution in [0.1, 0.15) is 24.0 Å². The monoisotopic (exact) mass is 231 g/mol. The summed E-state index contributed by atoms with van der Waals surface area (Å²) >= 11 is 3.27. The minimum absolute atomic E-state index is 0.150. The smallest absolute Gasteiger partial charge is 0.304 e. The summed E-state index contributed by atoms with van der Waals surface area (Å²) in [6.45, 7) is 3.89. The summed E-state index contributed by atoms with van der Waals surface area (Å²) in [5, 5.41) is 11.8. The van der Waals surface area contributed by atoms with E-state index >= 15 is 0 Å². The molecule has 1 aromatic heterocycles. The number of aromatic nitrogens is 1. The second kappa shape index (κ2) is 5.36. The molecule has 0 fully saturated rings. The van der Waals surface area contributed by atoms with Crippen LogP contribution in [0.25, 0.3) is 0 Å². The van der Waals surface area contributed by atoms with Crippen LogP contribution in [0.5, 0.6) is 0 Å². The Morgan fingerprint density at radius 1 is 1.79 bits per heavy atom. The lowest BCUT2D eigenvalue weighted by Gasteiger charge is -2.05. The maximum Gasteiger partial charge on any atom is 0.304 e. The van der Waals surface area contributed by atoms with Gasteiger partial charge in [0.1, 0.15) is 5.01 Å². The zero-order valence-corrected chi connectivity index (χ0v) is 9.82. The highest BCUT2D eigenvalue weighted by Crippen LogP contribution is 2.21. The van der Waals surface area contributed by atoms with Crippen molar-refractivity contribution in [3.8, 4) is 0 Å². The van der Waals surface area contributed by atoms with Gasteiger partial charge in [0.2, 0.25) is 0 Å². The highest BCUT2D eigenvalue weighted by molar-refractivity contribution is 7.99. The molecule has 0 saturated heterocycles. The number of carboxylic acid groups (broad SMARTS) is 1. The van der Waals surface area contributed by atoms with E-state index in [1.165, 1.54) is 0 Å². The van der Waals surface area contributed by atoms with Gasteiger partial charge >= 0.3 is 5.97 Å². The summed E-state index contributed by atoms with van der Waals surface area (Å²) in [6.07, 6.45) is 0.217. The first-order valence-electron chi connectivity index (χ1n) is 4.32. The minimum Gasteiger partial charge on any atom is -0.481 e. The molecule has 1 atom stereocenters. The SMILES string of the molecule is Cc1csc(CSC(C)CC(=O)O)n1. The van der Waals surface area contributed by atoms with Gasteiger partial charge in [-0.15, -0.1) is 11.3 Å². The number of aryl methyl sites for hydroxylation is 1. The van der Waals surface area contributed by atoms with Gasteiger partial charge in [-0.2, -0.15) is 11.8 Å². The Bertz CT molecular complexity index is 312. The van der Waals surface area contributed by atoms with E-state index in [-0.39, 0.29) is 11.7 Å². The van der Waals surface area contributed by atoms with Gasteiger partial charge in [-0.25, -0.2) is 4.98 Å². The largest absolute Gasteiger partial charge is 0.481 e. The van der Waals surface area contributed by atoms with Crippen LogP contribution in [0.4, 0.5) is 0 Å². The third kappa shape index (κ3) is 4.11. The number of carboxylic acids is 1. The van der Waals surface area contributed by atoms with Gasteiger partial charge in [0.25, 0.3) is 0 Å². The second-order valence-electron chi connectivity index (χ2n) is 3.10. The Morgan fingerprint density at radius 2 is 2.50 bits per heavy atom. The van der Waals surface area contributed by atoms with Gasteiger partial charge in [0.15, 0.2) is 0 Å². The molecule has 1 aromatic rings. The van der Waals surface area contributed by atoms with Gasteiger partial charge < -0.3 is 5.11 Å². The zero-order valence-electron chi connectivity index (χ0n) is 8.19. The molecule has 78 valence electrons. The maximum absolute atomic E-state index is 10.4. The Labute approximate surface area is 91.6 Å². The van der Waals surface area contributed by atoms with E-state index in [0.717, 1.165) is 16.5 Å². The molecule has 0 spiro atoms. The maximum atomic E-state index is 10.4. The molecule has 1 heterocycles. The summed E-state index contributed by atoms with van der Waals surface area (Å²) in [5.74, 6) is 0.0766. The van der Waals surface area contributed by atoms with E-state index in [0.29, 0.717) is 0 Å². The summed E-state index contributed by atoms with van der Waals surface area (Å²) < 4.78 is 0. The van der Waals surface area contributed by atoms with Crippen LogP contribution in [0.15, 0.2) is 5.38 Å². The first-order valence-corrected chi connectivity index (χ1v) is 6.25. The average Bonchev–Trinajstić information content (AvgIpc) is 2.47. The van der Waals surface area contributed by atoms with E-state index in [4.69, 9.17) is 5.11 Å². The van der Waals surface area contributed by atoms with Gasteiger partial charge in [0, 0.05) is 22.1 Å². The highest BCUT2D eigenvalue weighted by Gasteiger charge is 2.09. The molecule has 14 heavy (non-hydrogen) atoms.